The van der Waals surface area contributed by atoms with E-state index in [-0.39, 0.29) is 0 Å². The first kappa shape index (κ1) is 16.7. The molecule has 23 heavy (non-hydrogen) atoms. The average molecular weight is 338 g/mol. The molecule has 2 aliphatic rings. The third kappa shape index (κ3) is 3.54. The Labute approximate surface area is 142 Å². The van der Waals surface area contributed by atoms with Crippen molar-refractivity contribution in [2.75, 3.05) is 13.1 Å². The van der Waals surface area contributed by atoms with Crippen molar-refractivity contribution in [1.82, 2.24) is 4.90 Å². The Balaban J connectivity index is 1.77. The standard InChI is InChI=1S/C18H24ClNO3/c1-12-8-15(19)5-4-14(12)10-20-7-6-16(21)18(11-20,17(22)23)9-13-2-3-13/h4-5,8,13,16,21H,2-3,6-7,9-11H2,1H3,(H,22,23)/t16-,18-/m0/s1. The number of hydrogen-bond acceptors (Lipinski definition) is 3. The van der Waals surface area contributed by atoms with Crippen molar-refractivity contribution in [3.8, 4) is 0 Å². The zero-order valence-corrected chi connectivity index (χ0v) is 14.2. The Bertz CT molecular complexity index is 602. The number of carboxylic acids is 1. The molecule has 0 amide bonds. The van der Waals surface area contributed by atoms with Crippen LogP contribution in [-0.2, 0) is 11.3 Å². The van der Waals surface area contributed by atoms with Gasteiger partial charge >= 0.3 is 5.97 Å². The van der Waals surface area contributed by atoms with Crippen LogP contribution in [0.1, 0.15) is 36.8 Å². The SMILES string of the molecule is Cc1cc(Cl)ccc1CN1CC[C@H](O)[C@@](CC2CC2)(C(=O)O)C1. The maximum absolute atomic E-state index is 12.0. The molecule has 0 spiro atoms. The van der Waals surface area contributed by atoms with E-state index in [0.717, 1.165) is 30.5 Å². The van der Waals surface area contributed by atoms with Gasteiger partial charge in [0.2, 0.25) is 0 Å². The van der Waals surface area contributed by atoms with Crippen LogP contribution in [0.3, 0.4) is 0 Å². The maximum Gasteiger partial charge on any atom is 0.313 e. The van der Waals surface area contributed by atoms with Crippen LogP contribution in [0, 0.1) is 18.3 Å². The molecule has 1 aliphatic carbocycles. The Hall–Kier alpha value is -1.10. The van der Waals surface area contributed by atoms with Crippen molar-refractivity contribution in [2.45, 2.75) is 45.3 Å². The molecule has 2 N–H and O–H groups in total. The van der Waals surface area contributed by atoms with Crippen molar-refractivity contribution >= 4 is 17.6 Å². The van der Waals surface area contributed by atoms with E-state index in [4.69, 9.17) is 11.6 Å². The minimum absolute atomic E-state index is 0.419. The van der Waals surface area contributed by atoms with Crippen molar-refractivity contribution in [2.24, 2.45) is 11.3 Å². The number of rotatable bonds is 5. The first-order chi connectivity index (χ1) is 10.9. The quantitative estimate of drug-likeness (QED) is 0.866. The number of aliphatic carboxylic acids is 1. The molecule has 0 bridgehead atoms. The maximum atomic E-state index is 12.0. The predicted octanol–water partition coefficient (Wildman–Crippen LogP) is 3.09. The molecule has 2 fully saturated rings. The smallest absolute Gasteiger partial charge is 0.313 e. The summed E-state index contributed by atoms with van der Waals surface area (Å²) in [5.74, 6) is -0.382. The molecule has 3 rings (SSSR count). The van der Waals surface area contributed by atoms with Gasteiger partial charge in [0.05, 0.1) is 6.10 Å². The van der Waals surface area contributed by atoms with Gasteiger partial charge in [-0.25, -0.2) is 0 Å². The Morgan fingerprint density at radius 3 is 2.74 bits per heavy atom. The van der Waals surface area contributed by atoms with Crippen molar-refractivity contribution in [3.63, 3.8) is 0 Å². The Morgan fingerprint density at radius 2 is 2.13 bits per heavy atom. The zero-order valence-electron chi connectivity index (χ0n) is 13.5. The molecular weight excluding hydrogens is 314 g/mol. The van der Waals surface area contributed by atoms with Crippen LogP contribution in [0.4, 0.5) is 0 Å². The van der Waals surface area contributed by atoms with E-state index in [1.54, 1.807) is 0 Å². The van der Waals surface area contributed by atoms with Gasteiger partial charge in [-0.1, -0.05) is 30.5 Å². The molecule has 1 saturated carbocycles. The summed E-state index contributed by atoms with van der Waals surface area (Å²) >= 11 is 6.01. The fourth-order valence-corrected chi connectivity index (χ4v) is 3.94. The lowest BCUT2D eigenvalue weighted by Gasteiger charge is -2.43. The largest absolute Gasteiger partial charge is 0.481 e. The molecule has 0 unspecified atom stereocenters. The number of likely N-dealkylation sites (tertiary alicyclic amines) is 1. The number of aliphatic hydroxyl groups is 1. The fourth-order valence-electron chi connectivity index (χ4n) is 3.71. The predicted molar refractivity (Wildman–Crippen MR) is 89.5 cm³/mol. The van der Waals surface area contributed by atoms with Crippen molar-refractivity contribution < 1.29 is 15.0 Å². The van der Waals surface area contributed by atoms with E-state index in [0.29, 0.717) is 36.9 Å². The number of aliphatic hydroxyl groups excluding tert-OH is 1. The van der Waals surface area contributed by atoms with Gasteiger partial charge in [-0.15, -0.1) is 0 Å². The number of hydrogen-bond donors (Lipinski definition) is 2. The van der Waals surface area contributed by atoms with Gasteiger partial charge in [0.25, 0.3) is 0 Å². The lowest BCUT2D eigenvalue weighted by atomic mass is 9.73. The lowest BCUT2D eigenvalue weighted by molar-refractivity contribution is -0.165. The van der Waals surface area contributed by atoms with Gasteiger partial charge in [0.15, 0.2) is 0 Å². The highest BCUT2D eigenvalue weighted by Gasteiger charge is 2.51. The normalized spacial score (nSPS) is 28.7. The fraction of sp³-hybridized carbons (Fsp3) is 0.611. The monoisotopic (exact) mass is 337 g/mol. The van der Waals surface area contributed by atoms with Crippen LogP contribution in [0.2, 0.25) is 5.02 Å². The van der Waals surface area contributed by atoms with Crippen LogP contribution in [0.15, 0.2) is 18.2 Å². The number of aryl methyl sites for hydroxylation is 1. The van der Waals surface area contributed by atoms with Gasteiger partial charge in [0, 0.05) is 24.7 Å². The number of benzene rings is 1. The van der Waals surface area contributed by atoms with Gasteiger partial charge in [-0.2, -0.15) is 0 Å². The molecule has 0 aromatic heterocycles. The number of halogens is 1. The zero-order chi connectivity index (χ0) is 16.6. The number of carbonyl (C=O) groups is 1. The van der Waals surface area contributed by atoms with E-state index >= 15 is 0 Å². The topological polar surface area (TPSA) is 60.8 Å². The highest BCUT2D eigenvalue weighted by Crippen LogP contribution is 2.45. The molecule has 4 nitrogen and oxygen atoms in total. The summed E-state index contributed by atoms with van der Waals surface area (Å²) in [6.07, 6.45) is 2.56. The molecular formula is C18H24ClNO3. The number of carboxylic acid groups (broad SMARTS) is 1. The molecule has 1 aromatic rings. The first-order valence-corrected chi connectivity index (χ1v) is 8.67. The highest BCUT2D eigenvalue weighted by atomic mass is 35.5. The molecule has 5 heteroatoms. The molecule has 126 valence electrons. The summed E-state index contributed by atoms with van der Waals surface area (Å²) in [6.45, 7) is 3.87. The van der Waals surface area contributed by atoms with Crippen molar-refractivity contribution in [3.05, 3.63) is 34.3 Å². The minimum Gasteiger partial charge on any atom is -0.481 e. The first-order valence-electron chi connectivity index (χ1n) is 8.29. The number of nitrogens with zero attached hydrogens (tertiary/aromatic N) is 1. The van der Waals surface area contributed by atoms with E-state index < -0.39 is 17.5 Å². The van der Waals surface area contributed by atoms with E-state index in [1.807, 2.05) is 25.1 Å². The van der Waals surface area contributed by atoms with E-state index in [1.165, 1.54) is 0 Å². The van der Waals surface area contributed by atoms with Crippen LogP contribution in [-0.4, -0.2) is 40.3 Å². The molecule has 1 saturated heterocycles. The summed E-state index contributed by atoms with van der Waals surface area (Å²) < 4.78 is 0. The minimum atomic E-state index is -1.01. The van der Waals surface area contributed by atoms with Gasteiger partial charge < -0.3 is 10.2 Å². The summed E-state index contributed by atoms with van der Waals surface area (Å²) in [4.78, 5) is 14.1. The van der Waals surface area contributed by atoms with E-state index in [2.05, 4.69) is 4.90 Å². The van der Waals surface area contributed by atoms with Crippen LogP contribution in [0.25, 0.3) is 0 Å². The summed E-state index contributed by atoms with van der Waals surface area (Å²) in [5, 5.41) is 20.9. The van der Waals surface area contributed by atoms with Gasteiger partial charge in [-0.05, 0) is 48.9 Å². The van der Waals surface area contributed by atoms with Crippen LogP contribution >= 0.6 is 11.6 Å². The van der Waals surface area contributed by atoms with E-state index in [9.17, 15) is 15.0 Å². The Kier molecular flexibility index (Phi) is 4.68. The summed E-state index contributed by atoms with van der Waals surface area (Å²) in [5.41, 5.74) is 1.27. The third-order valence-corrected chi connectivity index (χ3v) is 5.57. The molecule has 1 aliphatic heterocycles. The molecule has 2 atom stereocenters. The second-order valence-corrected chi connectivity index (χ2v) is 7.63. The molecule has 1 heterocycles. The molecule has 0 radical (unpaired) electrons. The number of piperidine rings is 1. The Morgan fingerprint density at radius 1 is 1.39 bits per heavy atom. The van der Waals surface area contributed by atoms with Crippen molar-refractivity contribution in [1.29, 1.82) is 0 Å². The van der Waals surface area contributed by atoms with Crippen LogP contribution in [0.5, 0.6) is 0 Å². The lowest BCUT2D eigenvalue weighted by Crippen LogP contribution is -2.56. The van der Waals surface area contributed by atoms with Gasteiger partial charge in [-0.3, -0.25) is 9.69 Å². The van der Waals surface area contributed by atoms with Gasteiger partial charge in [0.1, 0.15) is 5.41 Å². The van der Waals surface area contributed by atoms with Crippen LogP contribution < -0.4 is 0 Å². The third-order valence-electron chi connectivity index (χ3n) is 5.34. The second kappa shape index (κ2) is 6.42. The summed E-state index contributed by atoms with van der Waals surface area (Å²) in [7, 11) is 0. The highest BCUT2D eigenvalue weighted by molar-refractivity contribution is 6.30. The second-order valence-electron chi connectivity index (χ2n) is 7.19. The summed E-state index contributed by atoms with van der Waals surface area (Å²) in [6, 6.07) is 5.81. The average Bonchev–Trinajstić information content (AvgIpc) is 3.29. The molecule has 1 aromatic carbocycles.